The Bertz CT molecular complexity index is 514. The predicted molar refractivity (Wildman–Crippen MR) is 63.1 cm³/mol. The number of anilines is 1. The Kier molecular flexibility index (Phi) is 4.36. The lowest BCUT2D eigenvalue weighted by Gasteiger charge is -2.02. The molecule has 1 rings (SSSR count). The third kappa shape index (κ3) is 3.27. The van der Waals surface area contributed by atoms with Crippen molar-refractivity contribution in [2.45, 2.75) is 6.92 Å². The lowest BCUT2D eigenvalue weighted by Crippen LogP contribution is -2.01. The van der Waals surface area contributed by atoms with Crippen molar-refractivity contribution in [3.63, 3.8) is 0 Å². The van der Waals surface area contributed by atoms with Gasteiger partial charge in [-0.3, -0.25) is 10.1 Å². The van der Waals surface area contributed by atoms with Crippen molar-refractivity contribution < 1.29 is 18.8 Å². The van der Waals surface area contributed by atoms with Gasteiger partial charge in [0, 0.05) is 11.6 Å². The normalized spacial score (nSPS) is 10.6. The van der Waals surface area contributed by atoms with Crippen LogP contribution in [0.1, 0.15) is 12.5 Å². The Labute approximate surface area is 102 Å². The number of nitro groups is 1. The minimum Gasteiger partial charge on any atom is -0.463 e. The molecule has 0 heterocycles. The number of nitrogens with two attached hydrogens (primary N) is 1. The summed E-state index contributed by atoms with van der Waals surface area (Å²) in [4.78, 5) is 20.9. The van der Waals surface area contributed by atoms with E-state index in [2.05, 4.69) is 4.74 Å². The first-order valence-electron chi connectivity index (χ1n) is 5.04. The summed E-state index contributed by atoms with van der Waals surface area (Å²) in [5.74, 6) is -1.44. The molecule has 0 radical (unpaired) electrons. The summed E-state index contributed by atoms with van der Waals surface area (Å²) in [6.45, 7) is 1.83. The van der Waals surface area contributed by atoms with Crippen LogP contribution >= 0.6 is 0 Å². The fourth-order valence-electron chi connectivity index (χ4n) is 1.26. The predicted octanol–water partition coefficient (Wildman–Crippen LogP) is 1.89. The molecule has 1 aromatic carbocycles. The quantitative estimate of drug-likeness (QED) is 0.291. The molecular weight excluding hydrogens is 243 g/mol. The van der Waals surface area contributed by atoms with E-state index in [0.29, 0.717) is 0 Å². The van der Waals surface area contributed by atoms with Crippen LogP contribution in [0, 0.1) is 15.9 Å². The first kappa shape index (κ1) is 13.6. The summed E-state index contributed by atoms with van der Waals surface area (Å²) in [5.41, 5.74) is 4.80. The number of esters is 1. The molecule has 6 nitrogen and oxygen atoms in total. The van der Waals surface area contributed by atoms with Crippen molar-refractivity contribution >= 4 is 23.4 Å². The van der Waals surface area contributed by atoms with Gasteiger partial charge in [-0.25, -0.2) is 9.18 Å². The molecule has 0 unspecified atom stereocenters. The second-order valence-corrected chi connectivity index (χ2v) is 3.27. The van der Waals surface area contributed by atoms with Gasteiger partial charge < -0.3 is 10.5 Å². The maximum atomic E-state index is 13.1. The SMILES string of the molecule is CCOC(=O)C=Cc1cc(F)cc([N+](=O)[O-])c1N. The summed E-state index contributed by atoms with van der Waals surface area (Å²) in [6, 6.07) is 1.72. The van der Waals surface area contributed by atoms with Crippen molar-refractivity contribution in [3.05, 3.63) is 39.7 Å². The van der Waals surface area contributed by atoms with Crippen molar-refractivity contribution in [2.24, 2.45) is 0 Å². The molecule has 0 amide bonds. The Balaban J connectivity index is 3.10. The molecule has 96 valence electrons. The van der Waals surface area contributed by atoms with Crippen LogP contribution in [-0.2, 0) is 9.53 Å². The standard InChI is InChI=1S/C11H11FN2O4/c1-2-18-10(15)4-3-7-5-8(12)6-9(11(7)13)14(16)17/h3-6H,2,13H2,1H3. The number of hydrogen-bond acceptors (Lipinski definition) is 5. The highest BCUT2D eigenvalue weighted by Crippen LogP contribution is 2.27. The van der Waals surface area contributed by atoms with Crippen LogP contribution in [0.5, 0.6) is 0 Å². The first-order valence-corrected chi connectivity index (χ1v) is 5.04. The molecule has 0 bridgehead atoms. The molecule has 7 heteroatoms. The molecule has 0 fully saturated rings. The number of hydrogen-bond donors (Lipinski definition) is 1. The number of carbonyl (C=O) groups excluding carboxylic acids is 1. The molecule has 0 aliphatic carbocycles. The van der Waals surface area contributed by atoms with E-state index in [0.717, 1.165) is 18.2 Å². The van der Waals surface area contributed by atoms with Gasteiger partial charge in [0.2, 0.25) is 0 Å². The van der Waals surface area contributed by atoms with E-state index in [1.807, 2.05) is 0 Å². The Hall–Kier alpha value is -2.44. The van der Waals surface area contributed by atoms with E-state index < -0.39 is 22.4 Å². The number of nitrogens with zero attached hydrogens (tertiary/aromatic N) is 1. The van der Waals surface area contributed by atoms with Gasteiger partial charge in [-0.05, 0) is 19.1 Å². The van der Waals surface area contributed by atoms with Crippen LogP contribution in [0.25, 0.3) is 6.08 Å². The Morgan fingerprint density at radius 2 is 2.28 bits per heavy atom. The first-order chi connectivity index (χ1) is 8.45. The summed E-state index contributed by atoms with van der Waals surface area (Å²) in [7, 11) is 0. The van der Waals surface area contributed by atoms with Gasteiger partial charge in [0.05, 0.1) is 17.6 Å². The molecular formula is C11H11FN2O4. The van der Waals surface area contributed by atoms with E-state index in [-0.39, 0.29) is 17.9 Å². The van der Waals surface area contributed by atoms with Gasteiger partial charge in [0.25, 0.3) is 5.69 Å². The molecule has 18 heavy (non-hydrogen) atoms. The number of carbonyl (C=O) groups is 1. The zero-order valence-electron chi connectivity index (χ0n) is 9.55. The number of rotatable bonds is 4. The third-order valence-electron chi connectivity index (χ3n) is 2.04. The highest BCUT2D eigenvalue weighted by molar-refractivity contribution is 5.89. The fraction of sp³-hybridized carbons (Fsp3) is 0.182. The highest BCUT2D eigenvalue weighted by atomic mass is 19.1. The fourth-order valence-corrected chi connectivity index (χ4v) is 1.26. The lowest BCUT2D eigenvalue weighted by atomic mass is 10.1. The smallest absolute Gasteiger partial charge is 0.330 e. The molecule has 2 N–H and O–H groups in total. The zero-order valence-corrected chi connectivity index (χ0v) is 9.55. The summed E-state index contributed by atoms with van der Waals surface area (Å²) < 4.78 is 17.7. The van der Waals surface area contributed by atoms with Gasteiger partial charge >= 0.3 is 5.97 Å². The molecule has 0 spiro atoms. The van der Waals surface area contributed by atoms with Crippen molar-refractivity contribution in [2.75, 3.05) is 12.3 Å². The largest absolute Gasteiger partial charge is 0.463 e. The van der Waals surface area contributed by atoms with Crippen LogP contribution in [0.2, 0.25) is 0 Å². The molecule has 0 saturated heterocycles. The summed E-state index contributed by atoms with van der Waals surface area (Å²) >= 11 is 0. The molecule has 1 aromatic rings. The number of benzene rings is 1. The van der Waals surface area contributed by atoms with Crippen molar-refractivity contribution in [3.8, 4) is 0 Å². The van der Waals surface area contributed by atoms with E-state index in [1.54, 1.807) is 6.92 Å². The summed E-state index contributed by atoms with van der Waals surface area (Å²) in [6.07, 6.45) is 2.20. The van der Waals surface area contributed by atoms with Gasteiger partial charge in [0.15, 0.2) is 0 Å². The van der Waals surface area contributed by atoms with Gasteiger partial charge in [-0.1, -0.05) is 0 Å². The Morgan fingerprint density at radius 1 is 1.61 bits per heavy atom. The molecule has 0 aliphatic heterocycles. The van der Waals surface area contributed by atoms with Crippen molar-refractivity contribution in [1.29, 1.82) is 0 Å². The number of nitrogen functional groups attached to an aromatic ring is 1. The van der Waals surface area contributed by atoms with Gasteiger partial charge in [-0.2, -0.15) is 0 Å². The molecule has 0 atom stereocenters. The molecule has 0 aliphatic rings. The van der Waals surface area contributed by atoms with Crippen LogP contribution in [-0.4, -0.2) is 17.5 Å². The van der Waals surface area contributed by atoms with E-state index in [1.165, 1.54) is 6.08 Å². The van der Waals surface area contributed by atoms with E-state index >= 15 is 0 Å². The number of halogens is 1. The van der Waals surface area contributed by atoms with Gasteiger partial charge in [0.1, 0.15) is 11.5 Å². The second-order valence-electron chi connectivity index (χ2n) is 3.27. The third-order valence-corrected chi connectivity index (χ3v) is 2.04. The van der Waals surface area contributed by atoms with Gasteiger partial charge in [-0.15, -0.1) is 0 Å². The zero-order chi connectivity index (χ0) is 13.7. The summed E-state index contributed by atoms with van der Waals surface area (Å²) in [5, 5.41) is 10.6. The number of nitro benzene ring substituents is 1. The number of ether oxygens (including phenoxy) is 1. The maximum Gasteiger partial charge on any atom is 0.330 e. The maximum absolute atomic E-state index is 13.1. The average molecular weight is 254 g/mol. The van der Waals surface area contributed by atoms with Crippen LogP contribution in [0.15, 0.2) is 18.2 Å². The minimum atomic E-state index is -0.806. The average Bonchev–Trinajstić information content (AvgIpc) is 2.30. The monoisotopic (exact) mass is 254 g/mol. The van der Waals surface area contributed by atoms with E-state index in [9.17, 15) is 19.3 Å². The van der Waals surface area contributed by atoms with Crippen molar-refractivity contribution in [1.82, 2.24) is 0 Å². The molecule has 0 aromatic heterocycles. The van der Waals surface area contributed by atoms with Crippen LogP contribution in [0.3, 0.4) is 0 Å². The second kappa shape index (κ2) is 5.76. The van der Waals surface area contributed by atoms with Crippen LogP contribution < -0.4 is 5.73 Å². The molecule has 0 saturated carbocycles. The van der Waals surface area contributed by atoms with E-state index in [4.69, 9.17) is 5.73 Å². The minimum absolute atomic E-state index is 0.0507. The Morgan fingerprint density at radius 3 is 2.83 bits per heavy atom. The van der Waals surface area contributed by atoms with Crippen LogP contribution in [0.4, 0.5) is 15.8 Å². The highest BCUT2D eigenvalue weighted by Gasteiger charge is 2.16. The topological polar surface area (TPSA) is 95.5 Å². The lowest BCUT2D eigenvalue weighted by molar-refractivity contribution is -0.384.